The molecule has 18 heavy (non-hydrogen) atoms. The molecule has 0 atom stereocenters. The van der Waals surface area contributed by atoms with Gasteiger partial charge in [-0.15, -0.1) is 0 Å². The monoisotopic (exact) mass is 262 g/mol. The molecule has 0 radical (unpaired) electrons. The Morgan fingerprint density at radius 3 is 2.67 bits per heavy atom. The van der Waals surface area contributed by atoms with Gasteiger partial charge in [-0.3, -0.25) is 4.79 Å². The lowest BCUT2D eigenvalue weighted by Crippen LogP contribution is -2.03. The summed E-state index contributed by atoms with van der Waals surface area (Å²) in [4.78, 5) is 20.1. The number of halogens is 1. The van der Waals surface area contributed by atoms with Gasteiger partial charge in [-0.2, -0.15) is 0 Å². The summed E-state index contributed by atoms with van der Waals surface area (Å²) >= 11 is 1.28. The molecule has 0 N–H and O–H groups in total. The van der Waals surface area contributed by atoms with Gasteiger partial charge in [0.15, 0.2) is 10.9 Å². The molecule has 3 nitrogen and oxygen atoms in total. The molecule has 2 aromatic rings. The smallest absolute Gasteiger partial charge is 0.188 e. The summed E-state index contributed by atoms with van der Waals surface area (Å²) in [5, 5.41) is 0.575. The third-order valence-electron chi connectivity index (χ3n) is 2.27. The molecular weight excluding hydrogens is 251 g/mol. The number of thioether (sulfide) groups is 1. The van der Waals surface area contributed by atoms with Crippen LogP contribution in [0.25, 0.3) is 0 Å². The highest BCUT2D eigenvalue weighted by Crippen LogP contribution is 2.15. The number of aryl methyl sites for hydroxylation is 1. The summed E-state index contributed by atoms with van der Waals surface area (Å²) < 4.78 is 12.7. The fourth-order valence-corrected chi connectivity index (χ4v) is 2.12. The zero-order valence-electron chi connectivity index (χ0n) is 9.76. The summed E-state index contributed by atoms with van der Waals surface area (Å²) in [6.45, 7) is 1.87. The van der Waals surface area contributed by atoms with Gasteiger partial charge in [0, 0.05) is 17.5 Å². The second-order valence-corrected chi connectivity index (χ2v) is 4.64. The Bertz CT molecular complexity index is 557. The molecule has 1 aromatic carbocycles. The maximum Gasteiger partial charge on any atom is 0.188 e. The van der Waals surface area contributed by atoms with E-state index in [1.54, 1.807) is 12.3 Å². The van der Waals surface area contributed by atoms with E-state index in [9.17, 15) is 9.18 Å². The van der Waals surface area contributed by atoms with Crippen molar-refractivity contribution in [1.29, 1.82) is 0 Å². The average Bonchev–Trinajstić information content (AvgIpc) is 2.37. The first-order chi connectivity index (χ1) is 8.65. The molecule has 0 saturated carbocycles. The SMILES string of the molecule is Cc1ccnc(SCC(=O)c2ccc(F)cc2)n1. The highest BCUT2D eigenvalue weighted by molar-refractivity contribution is 7.99. The molecule has 0 saturated heterocycles. The van der Waals surface area contributed by atoms with Crippen LogP contribution in [0.15, 0.2) is 41.7 Å². The summed E-state index contributed by atoms with van der Waals surface area (Å²) in [5.41, 5.74) is 1.36. The molecule has 0 amide bonds. The molecule has 1 aromatic heterocycles. The van der Waals surface area contributed by atoms with Crippen molar-refractivity contribution in [1.82, 2.24) is 9.97 Å². The van der Waals surface area contributed by atoms with Gasteiger partial charge in [-0.05, 0) is 37.3 Å². The second-order valence-electron chi connectivity index (χ2n) is 3.70. The molecule has 0 bridgehead atoms. The van der Waals surface area contributed by atoms with E-state index in [0.717, 1.165) is 5.69 Å². The fourth-order valence-electron chi connectivity index (χ4n) is 1.34. The Hall–Kier alpha value is -1.75. The molecule has 1 heterocycles. The van der Waals surface area contributed by atoms with E-state index in [1.165, 1.54) is 36.0 Å². The lowest BCUT2D eigenvalue weighted by atomic mass is 10.1. The summed E-state index contributed by atoms with van der Waals surface area (Å²) in [7, 11) is 0. The van der Waals surface area contributed by atoms with Gasteiger partial charge in [-0.1, -0.05) is 11.8 Å². The van der Waals surface area contributed by atoms with Crippen molar-refractivity contribution < 1.29 is 9.18 Å². The van der Waals surface area contributed by atoms with Crippen LogP contribution < -0.4 is 0 Å². The molecule has 5 heteroatoms. The van der Waals surface area contributed by atoms with Crippen LogP contribution in [0, 0.1) is 12.7 Å². The second kappa shape index (κ2) is 5.73. The molecule has 0 aliphatic carbocycles. The Kier molecular flexibility index (Phi) is 4.04. The summed E-state index contributed by atoms with van der Waals surface area (Å²) in [5.74, 6) is -0.166. The predicted molar refractivity (Wildman–Crippen MR) is 68.2 cm³/mol. The van der Waals surface area contributed by atoms with E-state index in [0.29, 0.717) is 10.7 Å². The van der Waals surface area contributed by atoms with Gasteiger partial charge in [0.05, 0.1) is 5.75 Å². The minimum Gasteiger partial charge on any atom is -0.293 e. The van der Waals surface area contributed by atoms with Crippen molar-refractivity contribution in [2.75, 3.05) is 5.75 Å². The topological polar surface area (TPSA) is 42.9 Å². The Balaban J connectivity index is 1.98. The highest BCUT2D eigenvalue weighted by atomic mass is 32.2. The number of nitrogens with zero attached hydrogens (tertiary/aromatic N) is 2. The molecule has 0 spiro atoms. The average molecular weight is 262 g/mol. The minimum atomic E-state index is -0.346. The lowest BCUT2D eigenvalue weighted by Gasteiger charge is -2.01. The molecule has 0 unspecified atom stereocenters. The van der Waals surface area contributed by atoms with E-state index in [4.69, 9.17) is 0 Å². The summed E-state index contributed by atoms with van der Waals surface area (Å²) in [6.07, 6.45) is 1.66. The van der Waals surface area contributed by atoms with Crippen LogP contribution in [0.4, 0.5) is 4.39 Å². The third-order valence-corrected chi connectivity index (χ3v) is 3.13. The molecule has 92 valence electrons. The van der Waals surface area contributed by atoms with E-state index in [2.05, 4.69) is 9.97 Å². The number of Topliss-reactive ketones (excluding diaryl/α,β-unsaturated/α-hetero) is 1. The Labute approximate surface area is 108 Å². The van der Waals surface area contributed by atoms with E-state index in [1.807, 2.05) is 6.92 Å². The van der Waals surface area contributed by atoms with Gasteiger partial charge < -0.3 is 0 Å². The standard InChI is InChI=1S/C13H11FN2OS/c1-9-6-7-15-13(16-9)18-8-12(17)10-2-4-11(14)5-3-10/h2-7H,8H2,1H3. The van der Waals surface area contributed by atoms with Gasteiger partial charge >= 0.3 is 0 Å². The molecular formula is C13H11FN2OS. The minimum absolute atomic E-state index is 0.0647. The van der Waals surface area contributed by atoms with E-state index in [-0.39, 0.29) is 17.4 Å². The van der Waals surface area contributed by atoms with Crippen molar-refractivity contribution in [3.63, 3.8) is 0 Å². The molecule has 0 aliphatic rings. The van der Waals surface area contributed by atoms with Gasteiger partial charge in [0.25, 0.3) is 0 Å². The van der Waals surface area contributed by atoms with Crippen LogP contribution in [0.3, 0.4) is 0 Å². The fraction of sp³-hybridized carbons (Fsp3) is 0.154. The number of aromatic nitrogens is 2. The van der Waals surface area contributed by atoms with Crippen LogP contribution in [0.2, 0.25) is 0 Å². The number of ketones is 1. The van der Waals surface area contributed by atoms with E-state index >= 15 is 0 Å². The van der Waals surface area contributed by atoms with E-state index < -0.39 is 0 Å². The van der Waals surface area contributed by atoms with Crippen LogP contribution in [0.5, 0.6) is 0 Å². The summed E-state index contributed by atoms with van der Waals surface area (Å²) in [6, 6.07) is 7.32. The predicted octanol–water partition coefficient (Wildman–Crippen LogP) is 2.90. The first-order valence-electron chi connectivity index (χ1n) is 5.36. The number of hydrogen-bond acceptors (Lipinski definition) is 4. The zero-order valence-corrected chi connectivity index (χ0v) is 10.6. The molecule has 2 rings (SSSR count). The van der Waals surface area contributed by atoms with Gasteiger partial charge in [0.1, 0.15) is 5.82 Å². The Morgan fingerprint density at radius 2 is 2.00 bits per heavy atom. The first kappa shape index (κ1) is 12.7. The number of benzene rings is 1. The maximum absolute atomic E-state index is 12.7. The van der Waals surface area contributed by atoms with Crippen molar-refractivity contribution >= 4 is 17.5 Å². The first-order valence-corrected chi connectivity index (χ1v) is 6.35. The molecule has 0 aliphatic heterocycles. The van der Waals surface area contributed by atoms with Gasteiger partial charge in [-0.25, -0.2) is 14.4 Å². The van der Waals surface area contributed by atoms with Crippen LogP contribution in [-0.4, -0.2) is 21.5 Å². The maximum atomic E-state index is 12.7. The number of hydrogen-bond donors (Lipinski definition) is 0. The van der Waals surface area contributed by atoms with Crippen LogP contribution >= 0.6 is 11.8 Å². The quantitative estimate of drug-likeness (QED) is 0.483. The van der Waals surface area contributed by atoms with Crippen LogP contribution in [0.1, 0.15) is 16.1 Å². The van der Waals surface area contributed by atoms with Crippen molar-refractivity contribution in [2.24, 2.45) is 0 Å². The normalized spacial score (nSPS) is 10.3. The van der Waals surface area contributed by atoms with Crippen molar-refractivity contribution in [2.45, 2.75) is 12.1 Å². The molecule has 0 fully saturated rings. The lowest BCUT2D eigenvalue weighted by molar-refractivity contribution is 0.102. The number of carbonyl (C=O) groups is 1. The largest absolute Gasteiger partial charge is 0.293 e. The van der Waals surface area contributed by atoms with Crippen molar-refractivity contribution in [3.05, 3.63) is 53.6 Å². The third kappa shape index (κ3) is 3.37. The van der Waals surface area contributed by atoms with Crippen LogP contribution in [-0.2, 0) is 0 Å². The highest BCUT2D eigenvalue weighted by Gasteiger charge is 2.08. The zero-order chi connectivity index (χ0) is 13.0. The van der Waals surface area contributed by atoms with Gasteiger partial charge in [0.2, 0.25) is 0 Å². The number of rotatable bonds is 4. The van der Waals surface area contributed by atoms with Crippen molar-refractivity contribution in [3.8, 4) is 0 Å². The Morgan fingerprint density at radius 1 is 1.28 bits per heavy atom. The number of carbonyl (C=O) groups excluding carboxylic acids is 1.